The number of carbonyl (C=O) groups is 1. The van der Waals surface area contributed by atoms with Gasteiger partial charge in [-0.25, -0.2) is 0 Å². The van der Waals surface area contributed by atoms with Crippen molar-refractivity contribution in [2.45, 2.75) is 57.5 Å². The first kappa shape index (κ1) is 14.7. The van der Waals surface area contributed by atoms with E-state index in [0.717, 1.165) is 22.2 Å². The topological polar surface area (TPSA) is 46.9 Å². The zero-order chi connectivity index (χ0) is 15.3. The summed E-state index contributed by atoms with van der Waals surface area (Å²) in [6.07, 6.45) is 11.6. The Labute approximate surface area is 140 Å². The number of carbonyl (C=O) groups excluding carboxylic acids is 1. The van der Waals surface area contributed by atoms with Crippen LogP contribution in [0.15, 0.2) is 16.9 Å². The smallest absolute Gasteiger partial charge is 0.225 e. The molecule has 1 N–H and O–H groups in total. The fraction of sp³-hybridized carbons (Fsp3) is 0.765. The summed E-state index contributed by atoms with van der Waals surface area (Å²) in [5, 5.41) is 7.71. The predicted octanol–water partition coefficient (Wildman–Crippen LogP) is 3.37. The first-order valence-electron chi connectivity index (χ1n) is 8.51. The van der Waals surface area contributed by atoms with Gasteiger partial charge >= 0.3 is 0 Å². The van der Waals surface area contributed by atoms with Gasteiger partial charge in [0.15, 0.2) is 0 Å². The van der Waals surface area contributed by atoms with E-state index in [-0.39, 0.29) is 17.4 Å². The lowest BCUT2D eigenvalue weighted by molar-refractivity contribution is -0.130. The molecule has 120 valence electrons. The molecule has 1 atom stereocenters. The summed E-state index contributed by atoms with van der Waals surface area (Å²) in [6, 6.07) is 0. The van der Waals surface area contributed by atoms with Crippen molar-refractivity contribution in [3.05, 3.63) is 16.9 Å². The van der Waals surface area contributed by atoms with Crippen molar-refractivity contribution >= 4 is 21.8 Å². The highest BCUT2D eigenvalue weighted by Gasteiger charge is 2.51. The number of hydrogen-bond donors (Lipinski definition) is 1. The number of hydrogen-bond acceptors (Lipinski definition) is 2. The molecule has 0 aliphatic heterocycles. The minimum atomic E-state index is -0.0418. The summed E-state index contributed by atoms with van der Waals surface area (Å²) in [7, 11) is 0. The lowest BCUT2D eigenvalue weighted by atomic mass is 9.53. The van der Waals surface area contributed by atoms with Crippen LogP contribution in [0.4, 0.5) is 0 Å². The van der Waals surface area contributed by atoms with Gasteiger partial charge in [-0.05, 0) is 72.2 Å². The van der Waals surface area contributed by atoms with E-state index >= 15 is 0 Å². The first-order valence-corrected chi connectivity index (χ1v) is 9.31. The molecule has 1 aromatic rings. The zero-order valence-corrected chi connectivity index (χ0v) is 14.7. The monoisotopic (exact) mass is 365 g/mol. The fourth-order valence-electron chi connectivity index (χ4n) is 5.45. The molecular weight excluding hydrogens is 342 g/mol. The molecule has 4 aliphatic rings. The van der Waals surface area contributed by atoms with Crippen LogP contribution in [0.3, 0.4) is 0 Å². The van der Waals surface area contributed by atoms with E-state index in [1.807, 2.05) is 17.8 Å². The van der Waals surface area contributed by atoms with Crippen LogP contribution in [-0.4, -0.2) is 21.2 Å². The van der Waals surface area contributed by atoms with Crippen molar-refractivity contribution < 1.29 is 4.79 Å². The minimum absolute atomic E-state index is 0.0418. The number of halogens is 1. The molecule has 4 nitrogen and oxygen atoms in total. The second-order valence-electron chi connectivity index (χ2n) is 7.97. The summed E-state index contributed by atoms with van der Waals surface area (Å²) in [6.45, 7) is 2.65. The Morgan fingerprint density at radius 1 is 1.36 bits per heavy atom. The largest absolute Gasteiger partial charge is 0.350 e. The number of aromatic nitrogens is 2. The number of nitrogens with zero attached hydrogens (tertiary/aromatic N) is 2. The molecule has 4 aliphatic carbocycles. The van der Waals surface area contributed by atoms with Gasteiger partial charge in [-0.3, -0.25) is 9.48 Å². The molecule has 1 unspecified atom stereocenters. The van der Waals surface area contributed by atoms with Crippen molar-refractivity contribution in [2.24, 2.45) is 23.7 Å². The van der Waals surface area contributed by atoms with E-state index in [2.05, 4.69) is 26.3 Å². The molecule has 4 bridgehead atoms. The van der Waals surface area contributed by atoms with Crippen LogP contribution >= 0.6 is 15.9 Å². The van der Waals surface area contributed by atoms with Gasteiger partial charge in [0.25, 0.3) is 0 Å². The van der Waals surface area contributed by atoms with Crippen LogP contribution in [-0.2, 0) is 11.3 Å². The summed E-state index contributed by atoms with van der Waals surface area (Å²) in [5.74, 6) is 2.75. The quantitative estimate of drug-likeness (QED) is 0.888. The second-order valence-corrected chi connectivity index (χ2v) is 8.88. The van der Waals surface area contributed by atoms with Crippen LogP contribution in [0.25, 0.3) is 0 Å². The van der Waals surface area contributed by atoms with E-state index < -0.39 is 0 Å². The molecule has 1 heterocycles. The number of nitrogens with one attached hydrogen (secondary N) is 1. The highest BCUT2D eigenvalue weighted by Crippen LogP contribution is 2.55. The van der Waals surface area contributed by atoms with Crippen LogP contribution in [0, 0.1) is 23.7 Å². The minimum Gasteiger partial charge on any atom is -0.350 e. The van der Waals surface area contributed by atoms with E-state index in [1.165, 1.54) is 38.5 Å². The summed E-state index contributed by atoms with van der Waals surface area (Å²) in [5.41, 5.74) is 0.116. The molecule has 4 fully saturated rings. The Morgan fingerprint density at radius 2 is 1.95 bits per heavy atom. The van der Waals surface area contributed by atoms with Gasteiger partial charge in [0.1, 0.15) is 0 Å². The Hall–Kier alpha value is -0.840. The molecule has 0 radical (unpaired) electrons. The van der Waals surface area contributed by atoms with Crippen LogP contribution in [0.2, 0.25) is 0 Å². The van der Waals surface area contributed by atoms with Gasteiger partial charge in [0.2, 0.25) is 5.91 Å². The average molecular weight is 366 g/mol. The van der Waals surface area contributed by atoms with E-state index in [1.54, 1.807) is 6.20 Å². The first-order chi connectivity index (χ1) is 10.5. The maximum absolute atomic E-state index is 12.7. The molecular formula is C17H24BrN3O. The van der Waals surface area contributed by atoms with Gasteiger partial charge in [-0.2, -0.15) is 5.10 Å². The maximum atomic E-state index is 12.7. The van der Waals surface area contributed by atoms with Crippen molar-refractivity contribution in [2.75, 3.05) is 0 Å². The predicted molar refractivity (Wildman–Crippen MR) is 88.1 cm³/mol. The van der Waals surface area contributed by atoms with Gasteiger partial charge in [0, 0.05) is 11.7 Å². The lowest BCUT2D eigenvalue weighted by Gasteiger charge is -2.57. The maximum Gasteiger partial charge on any atom is 0.225 e. The van der Waals surface area contributed by atoms with Crippen molar-refractivity contribution in [1.29, 1.82) is 0 Å². The highest BCUT2D eigenvalue weighted by molar-refractivity contribution is 9.10. The molecule has 5 rings (SSSR count). The van der Waals surface area contributed by atoms with Crippen molar-refractivity contribution in [3.8, 4) is 0 Å². The Kier molecular flexibility index (Phi) is 3.59. The second kappa shape index (κ2) is 5.36. The fourth-order valence-corrected chi connectivity index (χ4v) is 5.78. The molecule has 1 amide bonds. The Bertz CT molecular complexity index is 547. The Balaban J connectivity index is 1.41. The number of amides is 1. The van der Waals surface area contributed by atoms with Crippen molar-refractivity contribution in [3.63, 3.8) is 0 Å². The molecule has 4 saturated carbocycles. The average Bonchev–Trinajstić information content (AvgIpc) is 2.81. The van der Waals surface area contributed by atoms with Crippen LogP contribution in [0.5, 0.6) is 0 Å². The van der Waals surface area contributed by atoms with E-state index in [9.17, 15) is 4.79 Å². The van der Waals surface area contributed by atoms with Crippen LogP contribution < -0.4 is 5.32 Å². The third kappa shape index (κ3) is 2.72. The van der Waals surface area contributed by atoms with Gasteiger partial charge in [0.05, 0.1) is 23.1 Å². The van der Waals surface area contributed by atoms with Crippen LogP contribution in [0.1, 0.15) is 45.4 Å². The highest BCUT2D eigenvalue weighted by atomic mass is 79.9. The third-order valence-electron chi connectivity index (χ3n) is 5.94. The van der Waals surface area contributed by atoms with Gasteiger partial charge < -0.3 is 5.32 Å². The lowest BCUT2D eigenvalue weighted by Crippen LogP contribution is -2.60. The SMILES string of the molecule is CC(Cn1cc(Br)cn1)C(=O)NC12CC3CC(CC(C3)C1)C2. The molecule has 22 heavy (non-hydrogen) atoms. The van der Waals surface area contributed by atoms with Crippen molar-refractivity contribution in [1.82, 2.24) is 15.1 Å². The van der Waals surface area contributed by atoms with Gasteiger partial charge in [-0.15, -0.1) is 0 Å². The van der Waals surface area contributed by atoms with E-state index in [4.69, 9.17) is 0 Å². The number of rotatable bonds is 4. The molecule has 0 spiro atoms. The standard InChI is InChI=1S/C17H24BrN3O/c1-11(9-21-10-15(18)8-19-21)16(22)20-17-5-12-2-13(6-17)4-14(3-12)7-17/h8,10-14H,2-7,9H2,1H3,(H,20,22). The summed E-state index contributed by atoms with van der Waals surface area (Å²) in [4.78, 5) is 12.7. The molecule has 1 aromatic heterocycles. The summed E-state index contributed by atoms with van der Waals surface area (Å²) < 4.78 is 2.80. The normalized spacial score (nSPS) is 37.3. The molecule has 5 heteroatoms. The Morgan fingerprint density at radius 3 is 2.45 bits per heavy atom. The molecule has 0 aromatic carbocycles. The third-order valence-corrected chi connectivity index (χ3v) is 6.35. The van der Waals surface area contributed by atoms with Gasteiger partial charge in [-0.1, -0.05) is 6.92 Å². The van der Waals surface area contributed by atoms with E-state index in [0.29, 0.717) is 6.54 Å². The molecule has 0 saturated heterocycles. The summed E-state index contributed by atoms with van der Waals surface area (Å²) >= 11 is 3.40. The zero-order valence-electron chi connectivity index (χ0n) is 13.1.